The summed E-state index contributed by atoms with van der Waals surface area (Å²) in [5, 5.41) is 2.07. The summed E-state index contributed by atoms with van der Waals surface area (Å²) in [4.78, 5) is 15.7. The summed E-state index contributed by atoms with van der Waals surface area (Å²) >= 11 is 1.73. The first-order chi connectivity index (χ1) is 8.65. The topological polar surface area (TPSA) is 46.3 Å². The van der Waals surface area contributed by atoms with E-state index in [1.165, 1.54) is 4.88 Å². The second-order valence-corrected chi connectivity index (χ2v) is 6.10. The van der Waals surface area contributed by atoms with Crippen molar-refractivity contribution in [1.82, 2.24) is 4.90 Å². The molecule has 3 nitrogen and oxygen atoms in total. The van der Waals surface area contributed by atoms with Gasteiger partial charge in [0.2, 0.25) is 5.91 Å². The van der Waals surface area contributed by atoms with Gasteiger partial charge in [-0.2, -0.15) is 0 Å². The summed E-state index contributed by atoms with van der Waals surface area (Å²) in [7, 11) is 0. The van der Waals surface area contributed by atoms with Gasteiger partial charge in [0.1, 0.15) is 0 Å². The molecule has 4 heteroatoms. The van der Waals surface area contributed by atoms with Crippen LogP contribution in [-0.4, -0.2) is 23.4 Å². The normalized spacial score (nSPS) is 23.1. The van der Waals surface area contributed by atoms with Gasteiger partial charge >= 0.3 is 0 Å². The molecule has 100 valence electrons. The molecule has 1 aliphatic rings. The van der Waals surface area contributed by atoms with Gasteiger partial charge in [-0.1, -0.05) is 26.3 Å². The minimum atomic E-state index is -0.351. The van der Waals surface area contributed by atoms with Crippen molar-refractivity contribution in [3.8, 4) is 0 Å². The third kappa shape index (κ3) is 2.59. The van der Waals surface area contributed by atoms with Gasteiger partial charge in [0.05, 0.1) is 12.1 Å². The largest absolute Gasteiger partial charge is 0.333 e. The van der Waals surface area contributed by atoms with Crippen LogP contribution in [0.1, 0.15) is 44.0 Å². The van der Waals surface area contributed by atoms with Crippen LogP contribution in [0.15, 0.2) is 17.5 Å². The maximum atomic E-state index is 12.5. The Bertz CT molecular complexity index is 391. The summed E-state index contributed by atoms with van der Waals surface area (Å²) in [6.45, 7) is 4.99. The van der Waals surface area contributed by atoms with Crippen LogP contribution >= 0.6 is 11.3 Å². The molecule has 2 N–H and O–H groups in total. The van der Waals surface area contributed by atoms with E-state index in [2.05, 4.69) is 31.4 Å². The quantitative estimate of drug-likeness (QED) is 0.911. The Balaban J connectivity index is 2.10. The van der Waals surface area contributed by atoms with E-state index in [1.54, 1.807) is 11.3 Å². The van der Waals surface area contributed by atoms with Gasteiger partial charge in [0.15, 0.2) is 0 Å². The first-order valence-electron chi connectivity index (χ1n) is 6.74. The molecule has 0 radical (unpaired) electrons. The van der Waals surface area contributed by atoms with Gasteiger partial charge in [-0.15, -0.1) is 11.3 Å². The van der Waals surface area contributed by atoms with Gasteiger partial charge in [0.25, 0.3) is 0 Å². The molecule has 0 aliphatic carbocycles. The monoisotopic (exact) mass is 266 g/mol. The lowest BCUT2D eigenvalue weighted by Gasteiger charge is -2.29. The molecular weight excluding hydrogens is 244 g/mol. The number of nitrogens with two attached hydrogens (primary N) is 1. The third-order valence-corrected chi connectivity index (χ3v) is 4.92. The van der Waals surface area contributed by atoms with E-state index in [0.29, 0.717) is 0 Å². The van der Waals surface area contributed by atoms with E-state index in [4.69, 9.17) is 5.73 Å². The molecular formula is C14H22N2OS. The van der Waals surface area contributed by atoms with Crippen molar-refractivity contribution < 1.29 is 4.79 Å². The number of carbonyl (C=O) groups is 1. The molecule has 18 heavy (non-hydrogen) atoms. The van der Waals surface area contributed by atoms with Crippen molar-refractivity contribution in [2.75, 3.05) is 6.54 Å². The van der Waals surface area contributed by atoms with Crippen LogP contribution < -0.4 is 5.73 Å². The van der Waals surface area contributed by atoms with Gasteiger partial charge in [-0.25, -0.2) is 0 Å². The number of nitrogens with zero attached hydrogens (tertiary/aromatic N) is 1. The number of hydrogen-bond acceptors (Lipinski definition) is 3. The highest BCUT2D eigenvalue weighted by molar-refractivity contribution is 7.10. The molecule has 1 aliphatic heterocycles. The van der Waals surface area contributed by atoms with Crippen molar-refractivity contribution in [2.24, 2.45) is 11.7 Å². The maximum absolute atomic E-state index is 12.5. The predicted molar refractivity (Wildman–Crippen MR) is 75.4 cm³/mol. The van der Waals surface area contributed by atoms with Crippen molar-refractivity contribution in [1.29, 1.82) is 0 Å². The Morgan fingerprint density at radius 1 is 1.67 bits per heavy atom. The van der Waals surface area contributed by atoms with Gasteiger partial charge in [0, 0.05) is 11.4 Å². The molecule has 0 saturated carbocycles. The molecule has 2 heterocycles. The fourth-order valence-corrected chi connectivity index (χ4v) is 3.37. The van der Waals surface area contributed by atoms with Crippen LogP contribution in [0.3, 0.4) is 0 Å². The lowest BCUT2D eigenvalue weighted by atomic mass is 9.98. The van der Waals surface area contributed by atoms with E-state index in [1.807, 2.05) is 4.90 Å². The predicted octanol–water partition coefficient (Wildman–Crippen LogP) is 2.79. The van der Waals surface area contributed by atoms with Crippen LogP contribution in [0.2, 0.25) is 0 Å². The second kappa shape index (κ2) is 5.85. The molecule has 1 fully saturated rings. The Labute approximate surface area is 113 Å². The van der Waals surface area contributed by atoms with Crippen LogP contribution in [0.5, 0.6) is 0 Å². The lowest BCUT2D eigenvalue weighted by Crippen LogP contribution is -2.46. The van der Waals surface area contributed by atoms with Crippen molar-refractivity contribution in [3.05, 3.63) is 22.4 Å². The molecule has 1 aromatic heterocycles. The molecule has 0 spiro atoms. The number of hydrogen-bond donors (Lipinski definition) is 1. The van der Waals surface area contributed by atoms with Crippen LogP contribution in [0.25, 0.3) is 0 Å². The molecule has 1 amide bonds. The van der Waals surface area contributed by atoms with Crippen molar-refractivity contribution >= 4 is 17.2 Å². The summed E-state index contributed by atoms with van der Waals surface area (Å²) in [5.74, 6) is 0.377. The average molecular weight is 266 g/mol. The molecule has 1 saturated heterocycles. The van der Waals surface area contributed by atoms with E-state index < -0.39 is 0 Å². The van der Waals surface area contributed by atoms with E-state index in [-0.39, 0.29) is 23.9 Å². The van der Waals surface area contributed by atoms with Gasteiger partial charge in [-0.05, 0) is 30.2 Å². The minimum Gasteiger partial charge on any atom is -0.333 e. The standard InChI is InChI=1S/C14H22N2OS/c1-3-10(2)13(15)14(17)16-8-4-6-11(16)12-7-5-9-18-12/h5,7,9-11,13H,3-4,6,8,15H2,1-2H3/t10-,11?,13-/m0/s1. The Morgan fingerprint density at radius 3 is 3.06 bits per heavy atom. The summed E-state index contributed by atoms with van der Waals surface area (Å²) in [5.41, 5.74) is 6.08. The summed E-state index contributed by atoms with van der Waals surface area (Å²) in [6.07, 6.45) is 3.10. The highest BCUT2D eigenvalue weighted by Crippen LogP contribution is 2.35. The first kappa shape index (κ1) is 13.6. The highest BCUT2D eigenvalue weighted by atomic mass is 32.1. The summed E-state index contributed by atoms with van der Waals surface area (Å²) < 4.78 is 0. The van der Waals surface area contributed by atoms with Crippen molar-refractivity contribution in [3.63, 3.8) is 0 Å². The zero-order valence-electron chi connectivity index (χ0n) is 11.1. The minimum absolute atomic E-state index is 0.125. The molecule has 0 aromatic carbocycles. The van der Waals surface area contributed by atoms with E-state index >= 15 is 0 Å². The summed E-state index contributed by atoms with van der Waals surface area (Å²) in [6, 6.07) is 4.08. The van der Waals surface area contributed by atoms with E-state index in [0.717, 1.165) is 25.8 Å². The molecule has 2 rings (SSSR count). The molecule has 1 aromatic rings. The zero-order valence-corrected chi connectivity index (χ0v) is 12.0. The maximum Gasteiger partial charge on any atom is 0.240 e. The highest BCUT2D eigenvalue weighted by Gasteiger charge is 2.34. The molecule has 1 unspecified atom stereocenters. The third-order valence-electron chi connectivity index (χ3n) is 3.95. The first-order valence-corrected chi connectivity index (χ1v) is 7.62. The van der Waals surface area contributed by atoms with Gasteiger partial charge in [-0.3, -0.25) is 4.79 Å². The smallest absolute Gasteiger partial charge is 0.240 e. The fraction of sp³-hybridized carbons (Fsp3) is 0.643. The number of carbonyl (C=O) groups excluding carboxylic acids is 1. The fourth-order valence-electron chi connectivity index (χ4n) is 2.50. The number of amides is 1. The van der Waals surface area contributed by atoms with E-state index in [9.17, 15) is 4.79 Å². The second-order valence-electron chi connectivity index (χ2n) is 5.12. The molecule has 3 atom stereocenters. The van der Waals surface area contributed by atoms with Crippen molar-refractivity contribution in [2.45, 2.75) is 45.2 Å². The average Bonchev–Trinajstić information content (AvgIpc) is 3.05. The van der Waals surface area contributed by atoms with Crippen LogP contribution in [0, 0.1) is 5.92 Å². The molecule has 0 bridgehead atoms. The Kier molecular flexibility index (Phi) is 4.40. The Hall–Kier alpha value is -0.870. The van der Waals surface area contributed by atoms with Crippen LogP contribution in [-0.2, 0) is 4.79 Å². The number of thiophene rings is 1. The number of likely N-dealkylation sites (tertiary alicyclic amines) is 1. The Morgan fingerprint density at radius 2 is 2.44 bits per heavy atom. The number of rotatable bonds is 4. The zero-order chi connectivity index (χ0) is 13.1. The van der Waals surface area contributed by atoms with Gasteiger partial charge < -0.3 is 10.6 Å². The SMILES string of the molecule is CC[C@H](C)[C@H](N)C(=O)N1CCCC1c1cccs1. The lowest BCUT2D eigenvalue weighted by molar-refractivity contribution is -0.134. The van der Waals surface area contributed by atoms with Crippen LogP contribution in [0.4, 0.5) is 0 Å².